The number of benzene rings is 1. The SMILES string of the molecule is COc1cc(OC)c(Cl)c(-c2cc3cnc(SC)nc3c(CNS(C)(=O)=O)n2)c1C. The molecule has 0 aliphatic heterocycles. The van der Waals surface area contributed by atoms with E-state index < -0.39 is 10.0 Å². The molecule has 160 valence electrons. The molecule has 0 radical (unpaired) electrons. The lowest BCUT2D eigenvalue weighted by Crippen LogP contribution is -2.22. The van der Waals surface area contributed by atoms with Crippen LogP contribution in [0.15, 0.2) is 23.5 Å². The molecule has 11 heteroatoms. The van der Waals surface area contributed by atoms with Crippen LogP contribution in [-0.2, 0) is 16.6 Å². The first kappa shape index (κ1) is 22.5. The van der Waals surface area contributed by atoms with Gasteiger partial charge in [0.1, 0.15) is 11.5 Å². The Morgan fingerprint density at radius 1 is 1.17 bits per heavy atom. The average molecular weight is 469 g/mol. The summed E-state index contributed by atoms with van der Waals surface area (Å²) in [5.41, 5.74) is 2.97. The lowest BCUT2D eigenvalue weighted by Gasteiger charge is -2.17. The topological polar surface area (TPSA) is 103 Å². The van der Waals surface area contributed by atoms with Crippen molar-refractivity contribution in [3.63, 3.8) is 0 Å². The molecule has 0 saturated heterocycles. The Balaban J connectivity index is 2.30. The van der Waals surface area contributed by atoms with Gasteiger partial charge in [-0.3, -0.25) is 0 Å². The smallest absolute Gasteiger partial charge is 0.209 e. The van der Waals surface area contributed by atoms with Gasteiger partial charge in [0.05, 0.1) is 48.9 Å². The highest BCUT2D eigenvalue weighted by atomic mass is 35.5. The lowest BCUT2D eigenvalue weighted by atomic mass is 10.0. The first-order valence-electron chi connectivity index (χ1n) is 8.75. The number of sulfonamides is 1. The minimum atomic E-state index is -3.43. The normalized spacial score (nSPS) is 11.7. The number of hydrogen-bond donors (Lipinski definition) is 1. The maximum Gasteiger partial charge on any atom is 0.209 e. The fraction of sp³-hybridized carbons (Fsp3) is 0.316. The number of thioether (sulfide) groups is 1. The van der Waals surface area contributed by atoms with Crippen LogP contribution in [0.3, 0.4) is 0 Å². The number of hydrogen-bond acceptors (Lipinski definition) is 8. The van der Waals surface area contributed by atoms with Crippen LogP contribution < -0.4 is 14.2 Å². The number of rotatable bonds is 7. The monoisotopic (exact) mass is 468 g/mol. The average Bonchev–Trinajstić information content (AvgIpc) is 2.71. The Morgan fingerprint density at radius 3 is 2.47 bits per heavy atom. The van der Waals surface area contributed by atoms with Crippen molar-refractivity contribution in [3.05, 3.63) is 34.6 Å². The Kier molecular flexibility index (Phi) is 6.71. The van der Waals surface area contributed by atoms with Crippen molar-refractivity contribution >= 4 is 44.3 Å². The molecule has 0 amide bonds. The second kappa shape index (κ2) is 8.93. The Hall–Kier alpha value is -2.14. The van der Waals surface area contributed by atoms with Crippen molar-refractivity contribution < 1.29 is 17.9 Å². The number of nitrogens with one attached hydrogen (secondary N) is 1. The van der Waals surface area contributed by atoms with E-state index in [0.29, 0.717) is 49.5 Å². The van der Waals surface area contributed by atoms with Crippen molar-refractivity contribution in [2.75, 3.05) is 26.7 Å². The van der Waals surface area contributed by atoms with Gasteiger partial charge in [0.15, 0.2) is 5.16 Å². The second-order valence-corrected chi connectivity index (χ2v) is 9.42. The molecule has 2 aromatic heterocycles. The molecular weight excluding hydrogens is 448 g/mol. The van der Waals surface area contributed by atoms with Gasteiger partial charge in [-0.2, -0.15) is 0 Å². The highest BCUT2D eigenvalue weighted by molar-refractivity contribution is 7.98. The highest BCUT2D eigenvalue weighted by Gasteiger charge is 2.20. The first-order valence-corrected chi connectivity index (χ1v) is 12.2. The molecular formula is C19H21ClN4O4S2. The summed E-state index contributed by atoms with van der Waals surface area (Å²) in [7, 11) is -0.344. The van der Waals surface area contributed by atoms with Crippen LogP contribution in [0.25, 0.3) is 22.2 Å². The molecule has 0 aliphatic carbocycles. The van der Waals surface area contributed by atoms with Gasteiger partial charge in [0.2, 0.25) is 10.0 Å². The van der Waals surface area contributed by atoms with Gasteiger partial charge < -0.3 is 9.47 Å². The van der Waals surface area contributed by atoms with Crippen LogP contribution in [0.4, 0.5) is 0 Å². The number of aromatic nitrogens is 3. The van der Waals surface area contributed by atoms with Crippen molar-refractivity contribution in [3.8, 4) is 22.8 Å². The summed E-state index contributed by atoms with van der Waals surface area (Å²) < 4.78 is 36.7. The van der Waals surface area contributed by atoms with Crippen LogP contribution >= 0.6 is 23.4 Å². The number of fused-ring (bicyclic) bond motifs is 1. The third-order valence-corrected chi connectivity index (χ3v) is 6.04. The van der Waals surface area contributed by atoms with E-state index in [2.05, 4.69) is 14.7 Å². The number of pyridine rings is 1. The third kappa shape index (κ3) is 4.61. The van der Waals surface area contributed by atoms with Gasteiger partial charge >= 0.3 is 0 Å². The standard InChI is InChI=1S/C19H21ClN4O4S2/c1-10-14(27-2)7-15(28-3)17(20)16(10)12-6-11-8-21-19(29-4)24-18(11)13(23-12)9-22-30(5,25)26/h6-8,22H,9H2,1-5H3. The van der Waals surface area contributed by atoms with E-state index in [4.69, 9.17) is 26.1 Å². The molecule has 1 N–H and O–H groups in total. The predicted molar refractivity (Wildman–Crippen MR) is 119 cm³/mol. The summed E-state index contributed by atoms with van der Waals surface area (Å²) in [6, 6.07) is 3.53. The predicted octanol–water partition coefficient (Wildman–Crippen LogP) is 3.44. The van der Waals surface area contributed by atoms with Crippen molar-refractivity contribution in [2.24, 2.45) is 0 Å². The molecule has 3 aromatic rings. The number of halogens is 1. The molecule has 1 aromatic carbocycles. The number of methoxy groups -OCH3 is 2. The van der Waals surface area contributed by atoms with E-state index in [1.807, 2.05) is 19.2 Å². The molecule has 2 heterocycles. The molecule has 8 nitrogen and oxygen atoms in total. The summed E-state index contributed by atoms with van der Waals surface area (Å²) in [6.07, 6.45) is 4.64. The second-order valence-electron chi connectivity index (χ2n) is 6.44. The first-order chi connectivity index (χ1) is 14.2. The zero-order chi connectivity index (χ0) is 22.1. The molecule has 0 aliphatic rings. The van der Waals surface area contributed by atoms with E-state index >= 15 is 0 Å². The highest BCUT2D eigenvalue weighted by Crippen LogP contribution is 2.42. The summed E-state index contributed by atoms with van der Waals surface area (Å²) >= 11 is 8.00. The maximum absolute atomic E-state index is 11.7. The van der Waals surface area contributed by atoms with E-state index in [1.54, 1.807) is 19.4 Å². The maximum atomic E-state index is 11.7. The number of nitrogens with zero attached hydrogens (tertiary/aromatic N) is 3. The summed E-state index contributed by atoms with van der Waals surface area (Å²) in [5.74, 6) is 1.04. The Bertz CT molecular complexity index is 1190. The minimum Gasteiger partial charge on any atom is -0.496 e. The van der Waals surface area contributed by atoms with E-state index in [0.717, 1.165) is 11.8 Å². The van der Waals surface area contributed by atoms with Gasteiger partial charge in [0, 0.05) is 28.8 Å². The van der Waals surface area contributed by atoms with E-state index in [1.165, 1.54) is 18.9 Å². The minimum absolute atomic E-state index is 0.0220. The molecule has 3 rings (SSSR count). The third-order valence-electron chi connectivity index (χ3n) is 4.44. The Labute approximate surface area is 184 Å². The van der Waals surface area contributed by atoms with Gasteiger partial charge in [-0.1, -0.05) is 23.4 Å². The lowest BCUT2D eigenvalue weighted by molar-refractivity contribution is 0.393. The molecule has 0 fully saturated rings. The molecule has 0 saturated carbocycles. The fourth-order valence-corrected chi connectivity index (χ4v) is 4.12. The van der Waals surface area contributed by atoms with Crippen molar-refractivity contribution in [1.29, 1.82) is 0 Å². The van der Waals surface area contributed by atoms with Crippen LogP contribution in [0.1, 0.15) is 11.3 Å². The van der Waals surface area contributed by atoms with E-state index in [-0.39, 0.29) is 6.54 Å². The molecule has 0 atom stereocenters. The van der Waals surface area contributed by atoms with Crippen LogP contribution in [0.5, 0.6) is 11.5 Å². The van der Waals surface area contributed by atoms with Gasteiger partial charge in [-0.05, 0) is 19.2 Å². The van der Waals surface area contributed by atoms with Gasteiger partial charge in [0.25, 0.3) is 0 Å². The number of ether oxygens (including phenoxy) is 2. The molecule has 0 bridgehead atoms. The van der Waals surface area contributed by atoms with Crippen LogP contribution in [0, 0.1) is 6.92 Å². The van der Waals surface area contributed by atoms with Crippen LogP contribution in [0.2, 0.25) is 5.02 Å². The quantitative estimate of drug-likeness (QED) is 0.415. The zero-order valence-corrected chi connectivity index (χ0v) is 19.5. The van der Waals surface area contributed by atoms with Gasteiger partial charge in [-0.15, -0.1) is 0 Å². The summed E-state index contributed by atoms with van der Waals surface area (Å²) in [4.78, 5) is 13.5. The molecule has 30 heavy (non-hydrogen) atoms. The Morgan fingerprint density at radius 2 is 1.87 bits per heavy atom. The molecule has 0 spiro atoms. The zero-order valence-electron chi connectivity index (χ0n) is 17.1. The fourth-order valence-electron chi connectivity index (χ4n) is 3.01. The van der Waals surface area contributed by atoms with Crippen molar-refractivity contribution in [2.45, 2.75) is 18.6 Å². The summed E-state index contributed by atoms with van der Waals surface area (Å²) in [6.45, 7) is 1.85. The summed E-state index contributed by atoms with van der Waals surface area (Å²) in [5, 5.41) is 1.65. The van der Waals surface area contributed by atoms with E-state index in [9.17, 15) is 8.42 Å². The molecule has 0 unspecified atom stereocenters. The van der Waals surface area contributed by atoms with Crippen LogP contribution in [-0.4, -0.2) is 50.1 Å². The van der Waals surface area contributed by atoms with Gasteiger partial charge in [-0.25, -0.2) is 28.1 Å². The van der Waals surface area contributed by atoms with Crippen molar-refractivity contribution in [1.82, 2.24) is 19.7 Å². The largest absolute Gasteiger partial charge is 0.496 e.